The van der Waals surface area contributed by atoms with E-state index >= 15 is 0 Å². The van der Waals surface area contributed by atoms with Crippen molar-refractivity contribution in [1.82, 2.24) is 5.32 Å². The van der Waals surface area contributed by atoms with Crippen LogP contribution in [0.2, 0.25) is 0 Å². The first kappa shape index (κ1) is 21.0. The molecule has 1 unspecified atom stereocenters. The summed E-state index contributed by atoms with van der Waals surface area (Å²) in [6, 6.07) is 11.7. The van der Waals surface area contributed by atoms with Gasteiger partial charge >= 0.3 is 6.09 Å². The van der Waals surface area contributed by atoms with Gasteiger partial charge in [0.05, 0.1) is 31.5 Å². The van der Waals surface area contributed by atoms with E-state index in [1.54, 1.807) is 13.1 Å². The standard InChI is InChI=1S/C22H24N2O6/c1-14-17(13-23-9-10-30-15-7-5-4-6-8-15)21(25)16-11-19(28-2)20(29-3)12-18(16)24(14)22(26)27/h4-8,11-14,23H,9-10H2,1-3H3,(H,26,27). The first-order valence-corrected chi connectivity index (χ1v) is 9.42. The second-order valence-electron chi connectivity index (χ2n) is 6.60. The summed E-state index contributed by atoms with van der Waals surface area (Å²) in [5.74, 6) is 1.19. The van der Waals surface area contributed by atoms with E-state index in [9.17, 15) is 14.7 Å². The van der Waals surface area contributed by atoms with Gasteiger partial charge in [-0.2, -0.15) is 0 Å². The van der Waals surface area contributed by atoms with Crippen LogP contribution in [0.4, 0.5) is 10.5 Å². The number of rotatable bonds is 7. The molecule has 8 nitrogen and oxygen atoms in total. The normalized spacial score (nSPS) is 16.8. The molecular formula is C22H24N2O6. The number of ketones is 1. The molecule has 0 fully saturated rings. The van der Waals surface area contributed by atoms with Crippen LogP contribution >= 0.6 is 0 Å². The SMILES string of the molecule is COc1cc2c(cc1OC)N(C(=O)O)C(C)C(=CNCCOc1ccccc1)C2=O. The average Bonchev–Trinajstić information content (AvgIpc) is 2.75. The van der Waals surface area contributed by atoms with Crippen LogP contribution < -0.4 is 24.4 Å². The second kappa shape index (κ2) is 9.21. The van der Waals surface area contributed by atoms with E-state index in [4.69, 9.17) is 14.2 Å². The largest absolute Gasteiger partial charge is 0.493 e. The molecular weight excluding hydrogens is 388 g/mol. The molecule has 0 radical (unpaired) electrons. The van der Waals surface area contributed by atoms with Crippen LogP contribution in [0.15, 0.2) is 54.2 Å². The highest BCUT2D eigenvalue weighted by atomic mass is 16.5. The molecule has 1 amide bonds. The van der Waals surface area contributed by atoms with Gasteiger partial charge in [-0.05, 0) is 25.1 Å². The zero-order chi connectivity index (χ0) is 21.7. The summed E-state index contributed by atoms with van der Waals surface area (Å²) in [6.07, 6.45) is 0.388. The van der Waals surface area contributed by atoms with E-state index in [0.717, 1.165) is 10.6 Å². The molecule has 30 heavy (non-hydrogen) atoms. The predicted octanol–water partition coefficient (Wildman–Crippen LogP) is 3.33. The van der Waals surface area contributed by atoms with Crippen molar-refractivity contribution in [3.05, 3.63) is 59.8 Å². The Morgan fingerprint density at radius 2 is 1.83 bits per heavy atom. The van der Waals surface area contributed by atoms with E-state index < -0.39 is 12.1 Å². The third-order valence-electron chi connectivity index (χ3n) is 4.83. The van der Waals surface area contributed by atoms with Crippen molar-refractivity contribution in [2.45, 2.75) is 13.0 Å². The van der Waals surface area contributed by atoms with Gasteiger partial charge in [0.2, 0.25) is 0 Å². The summed E-state index contributed by atoms with van der Waals surface area (Å²) in [7, 11) is 2.91. The van der Waals surface area contributed by atoms with E-state index in [1.807, 2.05) is 30.3 Å². The van der Waals surface area contributed by atoms with E-state index in [1.165, 1.54) is 26.4 Å². The predicted molar refractivity (Wildman–Crippen MR) is 112 cm³/mol. The average molecular weight is 412 g/mol. The van der Waals surface area contributed by atoms with Crippen molar-refractivity contribution >= 4 is 17.6 Å². The first-order chi connectivity index (χ1) is 14.5. The summed E-state index contributed by atoms with van der Waals surface area (Å²) in [6.45, 7) is 2.50. The highest BCUT2D eigenvalue weighted by Crippen LogP contribution is 2.40. The Hall–Kier alpha value is -3.68. The minimum Gasteiger partial charge on any atom is -0.493 e. The summed E-state index contributed by atoms with van der Waals surface area (Å²) >= 11 is 0. The Balaban J connectivity index is 1.81. The lowest BCUT2D eigenvalue weighted by Gasteiger charge is -2.34. The number of ether oxygens (including phenoxy) is 3. The van der Waals surface area contributed by atoms with Gasteiger partial charge < -0.3 is 24.6 Å². The third kappa shape index (κ3) is 4.17. The van der Waals surface area contributed by atoms with Gasteiger partial charge in [0.25, 0.3) is 0 Å². The van der Waals surface area contributed by atoms with Crippen LogP contribution in [0, 0.1) is 0 Å². The Kier molecular flexibility index (Phi) is 6.46. The molecule has 2 N–H and O–H groups in total. The molecule has 0 spiro atoms. The maximum atomic E-state index is 13.1. The molecule has 3 rings (SSSR count). The lowest BCUT2D eigenvalue weighted by Crippen LogP contribution is -2.45. The Labute approximate surface area is 174 Å². The topological polar surface area (TPSA) is 97.3 Å². The van der Waals surface area contributed by atoms with E-state index in [2.05, 4.69) is 5.32 Å². The van der Waals surface area contributed by atoms with Crippen LogP contribution in [-0.2, 0) is 0 Å². The number of fused-ring (bicyclic) bond motifs is 1. The van der Waals surface area contributed by atoms with Gasteiger partial charge in [-0.3, -0.25) is 9.69 Å². The van der Waals surface area contributed by atoms with Gasteiger partial charge in [-0.15, -0.1) is 0 Å². The monoisotopic (exact) mass is 412 g/mol. The summed E-state index contributed by atoms with van der Waals surface area (Å²) in [5, 5.41) is 12.8. The van der Waals surface area contributed by atoms with E-state index in [-0.39, 0.29) is 17.0 Å². The number of hydrogen-bond acceptors (Lipinski definition) is 6. The fraction of sp³-hybridized carbons (Fsp3) is 0.273. The number of anilines is 1. The fourth-order valence-corrected chi connectivity index (χ4v) is 3.32. The molecule has 1 heterocycles. The molecule has 0 aromatic heterocycles. The van der Waals surface area contributed by atoms with Crippen molar-refractivity contribution in [2.75, 3.05) is 32.3 Å². The fourth-order valence-electron chi connectivity index (χ4n) is 3.32. The Morgan fingerprint density at radius 1 is 1.17 bits per heavy atom. The van der Waals surface area contributed by atoms with Crippen molar-refractivity contribution in [1.29, 1.82) is 0 Å². The number of hydrogen-bond donors (Lipinski definition) is 2. The van der Waals surface area contributed by atoms with Crippen LogP contribution in [0.25, 0.3) is 0 Å². The second-order valence-corrected chi connectivity index (χ2v) is 6.60. The molecule has 2 aromatic carbocycles. The van der Waals surface area contributed by atoms with Gasteiger partial charge in [-0.25, -0.2) is 4.79 Å². The molecule has 0 saturated carbocycles. The van der Waals surface area contributed by atoms with Crippen LogP contribution in [0.5, 0.6) is 17.2 Å². The van der Waals surface area contributed by atoms with Crippen LogP contribution in [-0.4, -0.2) is 50.4 Å². The van der Waals surface area contributed by atoms with E-state index in [0.29, 0.717) is 30.2 Å². The molecule has 8 heteroatoms. The molecule has 0 bridgehead atoms. The highest BCUT2D eigenvalue weighted by molar-refractivity contribution is 6.18. The minimum atomic E-state index is -1.17. The van der Waals surface area contributed by atoms with Gasteiger partial charge in [0.15, 0.2) is 17.3 Å². The number of carbonyl (C=O) groups excluding carboxylic acids is 1. The van der Waals surface area contributed by atoms with Crippen molar-refractivity contribution < 1.29 is 28.9 Å². The highest BCUT2D eigenvalue weighted by Gasteiger charge is 2.38. The number of amides is 1. The summed E-state index contributed by atoms with van der Waals surface area (Å²) in [5.41, 5.74) is 0.834. The van der Waals surface area contributed by atoms with Crippen molar-refractivity contribution in [2.24, 2.45) is 0 Å². The van der Waals surface area contributed by atoms with Crippen LogP contribution in [0.1, 0.15) is 17.3 Å². The summed E-state index contributed by atoms with van der Waals surface area (Å²) < 4.78 is 16.1. The molecule has 2 aromatic rings. The van der Waals surface area contributed by atoms with Gasteiger partial charge in [0, 0.05) is 24.4 Å². The maximum Gasteiger partial charge on any atom is 0.412 e. The zero-order valence-corrected chi connectivity index (χ0v) is 17.0. The number of benzene rings is 2. The number of carbonyl (C=O) groups is 2. The van der Waals surface area contributed by atoms with Crippen molar-refractivity contribution in [3.63, 3.8) is 0 Å². The number of nitrogens with one attached hydrogen (secondary N) is 1. The summed E-state index contributed by atoms with van der Waals surface area (Å²) in [4.78, 5) is 26.2. The maximum absolute atomic E-state index is 13.1. The van der Waals surface area contributed by atoms with Crippen LogP contribution in [0.3, 0.4) is 0 Å². The Morgan fingerprint density at radius 3 is 2.47 bits per heavy atom. The number of Topliss-reactive ketones (excluding diaryl/α,β-unsaturated/α-hetero) is 1. The zero-order valence-electron chi connectivity index (χ0n) is 17.0. The Bertz CT molecular complexity index is 958. The lowest BCUT2D eigenvalue weighted by atomic mass is 9.90. The number of para-hydroxylation sites is 1. The number of methoxy groups -OCH3 is 2. The number of carboxylic acid groups (broad SMARTS) is 1. The van der Waals surface area contributed by atoms with Gasteiger partial charge in [-0.1, -0.05) is 18.2 Å². The smallest absolute Gasteiger partial charge is 0.412 e. The van der Waals surface area contributed by atoms with Crippen molar-refractivity contribution in [3.8, 4) is 17.2 Å². The number of nitrogens with zero attached hydrogens (tertiary/aromatic N) is 1. The lowest BCUT2D eigenvalue weighted by molar-refractivity contribution is 0.102. The quantitative estimate of drug-likeness (QED) is 0.532. The van der Waals surface area contributed by atoms with Gasteiger partial charge in [0.1, 0.15) is 12.4 Å². The molecule has 158 valence electrons. The third-order valence-corrected chi connectivity index (χ3v) is 4.83. The first-order valence-electron chi connectivity index (χ1n) is 9.42. The minimum absolute atomic E-state index is 0.238. The molecule has 0 aliphatic carbocycles. The molecule has 1 atom stereocenters. The molecule has 0 saturated heterocycles. The molecule has 1 aliphatic rings. The molecule has 1 aliphatic heterocycles.